The highest BCUT2D eigenvalue weighted by Crippen LogP contribution is 2.38. The molecule has 0 radical (unpaired) electrons. The van der Waals surface area contributed by atoms with Crippen LogP contribution in [0.5, 0.6) is 5.75 Å². The summed E-state index contributed by atoms with van der Waals surface area (Å²) in [7, 11) is 0. The highest BCUT2D eigenvalue weighted by molar-refractivity contribution is 5.99. The second-order valence-corrected chi connectivity index (χ2v) is 8.04. The van der Waals surface area contributed by atoms with Crippen molar-refractivity contribution in [3.8, 4) is 5.75 Å². The summed E-state index contributed by atoms with van der Waals surface area (Å²) in [6.07, 6.45) is 3.17. The molecule has 31 heavy (non-hydrogen) atoms. The van der Waals surface area contributed by atoms with E-state index < -0.39 is 40.9 Å². The van der Waals surface area contributed by atoms with Gasteiger partial charge in [-0.2, -0.15) is 0 Å². The van der Waals surface area contributed by atoms with Gasteiger partial charge in [0.25, 0.3) is 11.8 Å². The molecule has 1 aromatic carbocycles. The number of aromatic nitrogens is 1. The molecule has 3 aliphatic rings. The monoisotopic (exact) mass is 431 g/mol. The molecule has 2 fully saturated rings. The Morgan fingerprint density at radius 2 is 2.03 bits per heavy atom. The number of carbonyl (C=O) groups is 2. The molecule has 2 bridgehead atoms. The van der Waals surface area contributed by atoms with Crippen LogP contribution in [0.2, 0.25) is 0 Å². The fourth-order valence-electron chi connectivity index (χ4n) is 4.64. The number of nitrogens with one attached hydrogen (secondary N) is 1. The fourth-order valence-corrected chi connectivity index (χ4v) is 4.64. The summed E-state index contributed by atoms with van der Waals surface area (Å²) in [6, 6.07) is 3.19. The van der Waals surface area contributed by atoms with Crippen LogP contribution < -0.4 is 10.7 Å². The van der Waals surface area contributed by atoms with E-state index in [2.05, 4.69) is 5.32 Å². The summed E-state index contributed by atoms with van der Waals surface area (Å²) in [5, 5.41) is 12.9. The molecule has 2 N–H and O–H groups in total. The molecular weight excluding hydrogens is 412 g/mol. The zero-order valence-corrected chi connectivity index (χ0v) is 16.3. The highest BCUT2D eigenvalue weighted by Gasteiger charge is 2.47. The second kappa shape index (κ2) is 7.16. The Balaban J connectivity index is 1.42. The lowest BCUT2D eigenvalue weighted by molar-refractivity contribution is -0.132. The van der Waals surface area contributed by atoms with Crippen molar-refractivity contribution in [2.24, 2.45) is 0 Å². The summed E-state index contributed by atoms with van der Waals surface area (Å²) < 4.78 is 33.7. The van der Waals surface area contributed by atoms with Gasteiger partial charge in [0.05, 0.1) is 12.6 Å². The van der Waals surface area contributed by atoms with E-state index in [0.29, 0.717) is 5.56 Å². The van der Waals surface area contributed by atoms with Gasteiger partial charge in [-0.15, -0.1) is 0 Å². The quantitative estimate of drug-likeness (QED) is 0.767. The average molecular weight is 431 g/mol. The predicted molar refractivity (Wildman–Crippen MR) is 102 cm³/mol. The Bertz CT molecular complexity index is 1160. The van der Waals surface area contributed by atoms with Crippen molar-refractivity contribution >= 4 is 11.8 Å². The van der Waals surface area contributed by atoms with E-state index in [4.69, 9.17) is 4.74 Å². The Morgan fingerprint density at radius 3 is 2.81 bits per heavy atom. The zero-order valence-electron chi connectivity index (χ0n) is 16.3. The van der Waals surface area contributed by atoms with Gasteiger partial charge in [-0.1, -0.05) is 6.07 Å². The normalized spacial score (nSPS) is 24.0. The lowest BCUT2D eigenvalue weighted by atomic mass is 10.1. The number of halogens is 2. The molecule has 162 valence electrons. The molecule has 1 saturated carbocycles. The van der Waals surface area contributed by atoms with Gasteiger partial charge in [0.2, 0.25) is 5.43 Å². The number of pyridine rings is 1. The van der Waals surface area contributed by atoms with E-state index in [0.717, 1.165) is 31.4 Å². The Labute approximate surface area is 175 Å². The summed E-state index contributed by atoms with van der Waals surface area (Å²) >= 11 is 0. The number of fused-ring (bicyclic) bond motifs is 5. The van der Waals surface area contributed by atoms with Gasteiger partial charge in [0.15, 0.2) is 29.3 Å². The van der Waals surface area contributed by atoms with Crippen molar-refractivity contribution in [1.82, 2.24) is 14.8 Å². The maximum atomic E-state index is 13.3. The molecule has 1 unspecified atom stereocenters. The molecule has 0 spiro atoms. The minimum Gasteiger partial charge on any atom is -0.503 e. The van der Waals surface area contributed by atoms with E-state index in [9.17, 15) is 28.3 Å². The molecular formula is C21H19F2N3O5. The third-order valence-electron chi connectivity index (χ3n) is 6.14. The summed E-state index contributed by atoms with van der Waals surface area (Å²) in [6.45, 7) is 0.0329. The second-order valence-electron chi connectivity index (χ2n) is 8.04. The molecule has 2 aliphatic heterocycles. The van der Waals surface area contributed by atoms with Crippen molar-refractivity contribution in [3.05, 3.63) is 63.1 Å². The highest BCUT2D eigenvalue weighted by atomic mass is 19.2. The topological polar surface area (TPSA) is 101 Å². The van der Waals surface area contributed by atoms with Gasteiger partial charge in [-0.25, -0.2) is 8.78 Å². The van der Waals surface area contributed by atoms with E-state index in [1.54, 1.807) is 4.90 Å². The van der Waals surface area contributed by atoms with Gasteiger partial charge in [0, 0.05) is 18.8 Å². The third kappa shape index (κ3) is 3.18. The summed E-state index contributed by atoms with van der Waals surface area (Å²) in [5.41, 5.74) is -1.19. The standard InChI is InChI=1S/C21H19F2N3O5/c22-14-4-1-10(5-15(14)23)7-24-20(29)13-8-25-9-16-26(11-2-3-12(6-11)31-16)21(30)17(25)19(28)18(13)27/h1,4-5,8,11-12,16,28H,2-3,6-7,9H2,(H,24,29)/t11-,12+,16?/m1/s1. The van der Waals surface area contributed by atoms with Crippen LogP contribution >= 0.6 is 0 Å². The number of carbonyl (C=O) groups excluding carboxylic acids is 2. The third-order valence-corrected chi connectivity index (χ3v) is 6.14. The average Bonchev–Trinajstić information content (AvgIpc) is 3.11. The van der Waals surface area contributed by atoms with Crippen molar-refractivity contribution in [2.75, 3.05) is 0 Å². The first-order valence-electron chi connectivity index (χ1n) is 10.00. The van der Waals surface area contributed by atoms with Gasteiger partial charge < -0.3 is 24.6 Å². The predicted octanol–water partition coefficient (Wildman–Crippen LogP) is 1.50. The van der Waals surface area contributed by atoms with Crippen LogP contribution in [0, 0.1) is 11.6 Å². The zero-order chi connectivity index (χ0) is 21.9. The Morgan fingerprint density at radius 1 is 1.23 bits per heavy atom. The maximum absolute atomic E-state index is 13.3. The van der Waals surface area contributed by atoms with Crippen LogP contribution in [-0.2, 0) is 17.8 Å². The van der Waals surface area contributed by atoms with E-state index >= 15 is 0 Å². The first-order chi connectivity index (χ1) is 14.8. The van der Waals surface area contributed by atoms with Crippen LogP contribution in [0.4, 0.5) is 8.78 Å². The number of hydrogen-bond acceptors (Lipinski definition) is 5. The van der Waals surface area contributed by atoms with E-state index in [1.807, 2.05) is 0 Å². The molecule has 2 amide bonds. The van der Waals surface area contributed by atoms with Crippen LogP contribution in [-0.4, -0.2) is 44.8 Å². The molecule has 3 atom stereocenters. The Hall–Kier alpha value is -3.27. The molecule has 3 heterocycles. The maximum Gasteiger partial charge on any atom is 0.276 e. The number of benzene rings is 1. The lowest BCUT2D eigenvalue weighted by Crippen LogP contribution is -2.57. The van der Waals surface area contributed by atoms with Gasteiger partial charge in [-0.3, -0.25) is 14.4 Å². The molecule has 5 rings (SSSR count). The number of amides is 2. The van der Waals surface area contributed by atoms with Crippen molar-refractivity contribution in [1.29, 1.82) is 0 Å². The summed E-state index contributed by atoms with van der Waals surface area (Å²) in [5.74, 6) is -4.15. The van der Waals surface area contributed by atoms with Crippen LogP contribution in [0.3, 0.4) is 0 Å². The minimum absolute atomic E-state index is 0.0126. The van der Waals surface area contributed by atoms with E-state index in [-0.39, 0.29) is 36.5 Å². The SMILES string of the molecule is O=C(NCc1ccc(F)c(F)c1)c1cn2c(c(O)c1=O)C(=O)N1C(C2)O[C@H]2CC[C@@H]1C2. The first kappa shape index (κ1) is 19.7. The molecule has 1 aromatic heterocycles. The molecule has 2 aromatic rings. The number of aromatic hydroxyl groups is 1. The number of hydrogen-bond donors (Lipinski definition) is 2. The number of nitrogens with zero attached hydrogens (tertiary/aromatic N) is 2. The van der Waals surface area contributed by atoms with Crippen molar-refractivity contribution in [3.63, 3.8) is 0 Å². The van der Waals surface area contributed by atoms with Gasteiger partial charge in [0.1, 0.15) is 5.56 Å². The molecule has 8 nitrogen and oxygen atoms in total. The van der Waals surface area contributed by atoms with Crippen molar-refractivity contribution in [2.45, 2.75) is 50.7 Å². The fraction of sp³-hybridized carbons (Fsp3) is 0.381. The minimum atomic E-state index is -1.05. The number of rotatable bonds is 3. The van der Waals surface area contributed by atoms with Crippen LogP contribution in [0.1, 0.15) is 45.7 Å². The lowest BCUT2D eigenvalue weighted by Gasteiger charge is -2.44. The van der Waals surface area contributed by atoms with Gasteiger partial charge >= 0.3 is 0 Å². The van der Waals surface area contributed by atoms with Crippen molar-refractivity contribution < 1.29 is 28.2 Å². The smallest absolute Gasteiger partial charge is 0.276 e. The van der Waals surface area contributed by atoms with Crippen LogP contribution in [0.25, 0.3) is 0 Å². The first-order valence-corrected chi connectivity index (χ1v) is 10.00. The van der Waals surface area contributed by atoms with Crippen LogP contribution in [0.15, 0.2) is 29.2 Å². The summed E-state index contributed by atoms with van der Waals surface area (Å²) in [4.78, 5) is 39.8. The molecule has 1 saturated heterocycles. The molecule has 1 aliphatic carbocycles. The largest absolute Gasteiger partial charge is 0.503 e. The van der Waals surface area contributed by atoms with E-state index in [1.165, 1.54) is 16.8 Å². The Kier molecular flexibility index (Phi) is 4.54. The van der Waals surface area contributed by atoms with Gasteiger partial charge in [-0.05, 0) is 37.0 Å². The number of ether oxygens (including phenoxy) is 1. The molecule has 10 heteroatoms.